The van der Waals surface area contributed by atoms with Gasteiger partial charge in [0, 0.05) is 26.2 Å². The Balaban J connectivity index is 2.32. The third-order valence-corrected chi connectivity index (χ3v) is 2.59. The van der Waals surface area contributed by atoms with E-state index in [1.54, 1.807) is 19.3 Å². The molecule has 92 valence electrons. The first kappa shape index (κ1) is 12.0. The van der Waals surface area contributed by atoms with Crippen molar-refractivity contribution in [3.63, 3.8) is 0 Å². The van der Waals surface area contributed by atoms with E-state index in [1.807, 2.05) is 18.2 Å². The number of unbranched alkanes of at least 4 members (excludes halogenated alkanes) is 1. The van der Waals surface area contributed by atoms with Crippen LogP contribution in [0.5, 0.6) is 0 Å². The zero-order valence-electron chi connectivity index (χ0n) is 10.1. The van der Waals surface area contributed by atoms with Crippen molar-refractivity contribution in [3.05, 3.63) is 34.9 Å². The largest absolute Gasteiger partial charge is 0.345 e. The third kappa shape index (κ3) is 2.30. The molecule has 0 N–H and O–H groups in total. The maximum absolute atomic E-state index is 11.9. The molecule has 0 fully saturated rings. The summed E-state index contributed by atoms with van der Waals surface area (Å²) in [7, 11) is 1.67. The van der Waals surface area contributed by atoms with Crippen LogP contribution in [0.4, 0.5) is 0 Å². The summed E-state index contributed by atoms with van der Waals surface area (Å²) < 4.78 is 2.84. The van der Waals surface area contributed by atoms with Crippen LogP contribution in [0.15, 0.2) is 29.2 Å². The molecule has 0 amide bonds. The van der Waals surface area contributed by atoms with Crippen molar-refractivity contribution in [1.29, 1.82) is 5.26 Å². The number of aromatic nitrogens is 4. The Hall–Kier alpha value is -2.42. The van der Waals surface area contributed by atoms with E-state index >= 15 is 0 Å². The Morgan fingerprint density at radius 2 is 2.28 bits per heavy atom. The molecule has 0 saturated heterocycles. The molecule has 2 aromatic rings. The van der Waals surface area contributed by atoms with E-state index in [9.17, 15) is 4.79 Å². The Labute approximate surface area is 104 Å². The third-order valence-electron chi connectivity index (χ3n) is 2.59. The smallest absolute Gasteiger partial charge is 0.277 e. The van der Waals surface area contributed by atoms with Crippen molar-refractivity contribution >= 4 is 0 Å². The van der Waals surface area contributed by atoms with Gasteiger partial charge in [0.1, 0.15) is 5.69 Å². The average molecular weight is 243 g/mol. The molecule has 6 nitrogen and oxygen atoms in total. The number of hydrogen-bond donors (Lipinski definition) is 0. The Morgan fingerprint density at radius 1 is 1.44 bits per heavy atom. The number of rotatable bonds is 4. The predicted octanol–water partition coefficient (Wildman–Crippen LogP) is 0.948. The van der Waals surface area contributed by atoms with Gasteiger partial charge in [-0.15, -0.1) is 5.10 Å². The van der Waals surface area contributed by atoms with Gasteiger partial charge in [0.2, 0.25) is 0 Å². The van der Waals surface area contributed by atoms with E-state index in [1.165, 1.54) is 9.25 Å². The van der Waals surface area contributed by atoms with Gasteiger partial charge in [-0.25, -0.2) is 9.48 Å². The second-order valence-electron chi connectivity index (χ2n) is 3.86. The molecule has 2 aromatic heterocycles. The van der Waals surface area contributed by atoms with E-state index < -0.39 is 0 Å². The monoisotopic (exact) mass is 243 g/mol. The predicted molar refractivity (Wildman–Crippen MR) is 65.5 cm³/mol. The SMILES string of the molecule is Cn1c(-c2ccccn2)nn(CCCC#N)c1=O. The first-order valence-electron chi connectivity index (χ1n) is 5.66. The van der Waals surface area contributed by atoms with Crippen LogP contribution in [0.1, 0.15) is 12.8 Å². The van der Waals surface area contributed by atoms with Gasteiger partial charge >= 0.3 is 5.69 Å². The number of nitrogens with zero attached hydrogens (tertiary/aromatic N) is 5. The van der Waals surface area contributed by atoms with E-state index in [2.05, 4.69) is 10.1 Å². The Morgan fingerprint density at radius 3 is 2.94 bits per heavy atom. The Bertz CT molecular complexity index is 620. The fraction of sp³-hybridized carbons (Fsp3) is 0.333. The summed E-state index contributed by atoms with van der Waals surface area (Å²) in [5.41, 5.74) is 0.477. The fourth-order valence-electron chi connectivity index (χ4n) is 1.66. The van der Waals surface area contributed by atoms with Crippen LogP contribution in [0.2, 0.25) is 0 Å². The summed E-state index contributed by atoms with van der Waals surface area (Å²) in [5.74, 6) is 0.539. The molecule has 6 heteroatoms. The highest BCUT2D eigenvalue weighted by molar-refractivity contribution is 5.48. The van der Waals surface area contributed by atoms with Gasteiger partial charge in [-0.05, 0) is 18.6 Å². The fourth-order valence-corrected chi connectivity index (χ4v) is 1.66. The van der Waals surface area contributed by atoms with Crippen molar-refractivity contribution in [2.45, 2.75) is 19.4 Å². The summed E-state index contributed by atoms with van der Waals surface area (Å²) >= 11 is 0. The molecule has 0 atom stereocenters. The van der Waals surface area contributed by atoms with Crippen LogP contribution in [0, 0.1) is 11.3 Å². The lowest BCUT2D eigenvalue weighted by atomic mass is 10.3. The number of nitriles is 1. The number of aryl methyl sites for hydroxylation is 1. The number of hydrogen-bond acceptors (Lipinski definition) is 4. The highest BCUT2D eigenvalue weighted by Gasteiger charge is 2.12. The van der Waals surface area contributed by atoms with Crippen molar-refractivity contribution in [3.8, 4) is 17.6 Å². The lowest BCUT2D eigenvalue weighted by Crippen LogP contribution is -2.23. The van der Waals surface area contributed by atoms with Gasteiger partial charge in [0.05, 0.1) is 6.07 Å². The molecule has 18 heavy (non-hydrogen) atoms. The van der Waals surface area contributed by atoms with Gasteiger partial charge in [-0.3, -0.25) is 9.55 Å². The lowest BCUT2D eigenvalue weighted by molar-refractivity contribution is 0.560. The van der Waals surface area contributed by atoms with E-state index in [-0.39, 0.29) is 5.69 Å². The molecule has 2 rings (SSSR count). The molecule has 2 heterocycles. The summed E-state index contributed by atoms with van der Waals surface area (Å²) in [6, 6.07) is 7.51. The van der Waals surface area contributed by atoms with Crippen LogP contribution < -0.4 is 5.69 Å². The molecule has 0 unspecified atom stereocenters. The van der Waals surface area contributed by atoms with Crippen LogP contribution in [0.25, 0.3) is 11.5 Å². The molecule has 0 aliphatic carbocycles. The molecular weight excluding hydrogens is 230 g/mol. The van der Waals surface area contributed by atoms with Gasteiger partial charge < -0.3 is 0 Å². The summed E-state index contributed by atoms with van der Waals surface area (Å²) in [4.78, 5) is 16.1. The highest BCUT2D eigenvalue weighted by atomic mass is 16.2. The summed E-state index contributed by atoms with van der Waals surface area (Å²) in [6.45, 7) is 0.451. The van der Waals surface area contributed by atoms with E-state index in [0.29, 0.717) is 30.9 Å². The zero-order valence-corrected chi connectivity index (χ0v) is 10.1. The van der Waals surface area contributed by atoms with Gasteiger partial charge in [-0.1, -0.05) is 6.07 Å². The maximum Gasteiger partial charge on any atom is 0.345 e. The zero-order chi connectivity index (χ0) is 13.0. The minimum atomic E-state index is -0.186. The van der Waals surface area contributed by atoms with E-state index in [4.69, 9.17) is 5.26 Å². The minimum Gasteiger partial charge on any atom is -0.277 e. The molecule has 0 aromatic carbocycles. The second kappa shape index (κ2) is 5.27. The van der Waals surface area contributed by atoms with Gasteiger partial charge in [0.25, 0.3) is 0 Å². The summed E-state index contributed by atoms with van der Waals surface area (Å²) in [5, 5.41) is 12.7. The molecule has 0 saturated carbocycles. The number of pyridine rings is 1. The Kier molecular flexibility index (Phi) is 3.53. The molecular formula is C12H13N5O. The van der Waals surface area contributed by atoms with Gasteiger partial charge in [-0.2, -0.15) is 5.26 Å². The van der Waals surface area contributed by atoms with E-state index in [0.717, 1.165) is 0 Å². The quantitative estimate of drug-likeness (QED) is 0.749. The molecule has 0 aliphatic rings. The van der Waals surface area contributed by atoms with Crippen LogP contribution in [-0.4, -0.2) is 19.3 Å². The first-order chi connectivity index (χ1) is 8.74. The lowest BCUT2D eigenvalue weighted by Gasteiger charge is -1.96. The van der Waals surface area contributed by atoms with Crippen molar-refractivity contribution in [2.75, 3.05) is 0 Å². The van der Waals surface area contributed by atoms with Crippen LogP contribution >= 0.6 is 0 Å². The normalized spacial score (nSPS) is 10.2. The average Bonchev–Trinajstić information content (AvgIpc) is 2.68. The van der Waals surface area contributed by atoms with Crippen molar-refractivity contribution < 1.29 is 0 Å². The van der Waals surface area contributed by atoms with Gasteiger partial charge in [0.15, 0.2) is 5.82 Å². The second-order valence-corrected chi connectivity index (χ2v) is 3.86. The molecule has 0 bridgehead atoms. The van der Waals surface area contributed by atoms with Crippen molar-refractivity contribution in [1.82, 2.24) is 19.3 Å². The van der Waals surface area contributed by atoms with Crippen LogP contribution in [0.3, 0.4) is 0 Å². The topological polar surface area (TPSA) is 76.5 Å². The first-order valence-corrected chi connectivity index (χ1v) is 5.66. The molecule has 0 spiro atoms. The molecule has 0 aliphatic heterocycles. The minimum absolute atomic E-state index is 0.186. The summed E-state index contributed by atoms with van der Waals surface area (Å²) in [6.07, 6.45) is 2.70. The van der Waals surface area contributed by atoms with Crippen LogP contribution in [-0.2, 0) is 13.6 Å². The highest BCUT2D eigenvalue weighted by Crippen LogP contribution is 2.10. The molecule has 0 radical (unpaired) electrons. The van der Waals surface area contributed by atoms with Crippen molar-refractivity contribution in [2.24, 2.45) is 7.05 Å². The maximum atomic E-state index is 11.9. The standard InChI is InChI=1S/C12H13N5O/c1-16-11(10-6-2-4-8-14-10)15-17(12(16)18)9-5-3-7-13/h2,4,6,8H,3,5,9H2,1H3.